The number of nitrogens with zero attached hydrogens (tertiary/aromatic N) is 2. The van der Waals surface area contributed by atoms with Gasteiger partial charge in [-0.25, -0.2) is 0 Å². The maximum atomic E-state index is 9.01. The van der Waals surface area contributed by atoms with Crippen LogP contribution >= 0.6 is 0 Å². The molecule has 1 aromatic rings. The third-order valence-corrected chi connectivity index (χ3v) is 3.68. The van der Waals surface area contributed by atoms with Crippen LogP contribution in [-0.4, -0.2) is 37.2 Å². The molecule has 19 heavy (non-hydrogen) atoms. The molecule has 1 fully saturated rings. The van der Waals surface area contributed by atoms with Crippen molar-refractivity contribution in [3.05, 3.63) is 29.3 Å². The predicted molar refractivity (Wildman–Crippen MR) is 75.0 cm³/mol. The lowest BCUT2D eigenvalue weighted by Gasteiger charge is -2.37. The third-order valence-electron chi connectivity index (χ3n) is 3.68. The van der Waals surface area contributed by atoms with Gasteiger partial charge in [0.05, 0.1) is 18.7 Å². The molecular formula is C15H21N3O. The lowest BCUT2D eigenvalue weighted by atomic mass is 10.1. The largest absolute Gasteiger partial charge is 0.496 e. The first-order valence-electron chi connectivity index (χ1n) is 6.68. The van der Waals surface area contributed by atoms with E-state index >= 15 is 0 Å². The molecule has 2 rings (SSSR count). The van der Waals surface area contributed by atoms with Gasteiger partial charge in [0, 0.05) is 37.3 Å². The maximum absolute atomic E-state index is 9.01. The number of hydrogen-bond acceptors (Lipinski definition) is 4. The average Bonchev–Trinajstić information content (AvgIpc) is 2.42. The van der Waals surface area contributed by atoms with Crippen LogP contribution in [0.5, 0.6) is 5.75 Å². The summed E-state index contributed by atoms with van der Waals surface area (Å²) in [4.78, 5) is 2.43. The first-order valence-corrected chi connectivity index (χ1v) is 6.68. The van der Waals surface area contributed by atoms with E-state index in [4.69, 9.17) is 10.00 Å². The molecule has 0 saturated carbocycles. The fraction of sp³-hybridized carbons (Fsp3) is 0.533. The fourth-order valence-corrected chi connectivity index (χ4v) is 2.51. The van der Waals surface area contributed by atoms with Crippen LogP contribution < -0.4 is 10.1 Å². The van der Waals surface area contributed by atoms with Crippen LogP contribution in [0.2, 0.25) is 0 Å². The molecule has 0 spiro atoms. The SMILES string of the molecule is COc1ccc(C#N)cc1CN1CC(C)NCC1C. The zero-order chi connectivity index (χ0) is 13.8. The van der Waals surface area contributed by atoms with Crippen molar-refractivity contribution in [2.75, 3.05) is 20.2 Å². The van der Waals surface area contributed by atoms with Crippen LogP contribution in [0.1, 0.15) is 25.0 Å². The molecule has 1 N–H and O–H groups in total. The van der Waals surface area contributed by atoms with Gasteiger partial charge < -0.3 is 10.1 Å². The average molecular weight is 259 g/mol. The van der Waals surface area contributed by atoms with Gasteiger partial charge in [-0.1, -0.05) is 0 Å². The zero-order valence-electron chi connectivity index (χ0n) is 11.8. The van der Waals surface area contributed by atoms with Crippen molar-refractivity contribution in [2.24, 2.45) is 0 Å². The predicted octanol–water partition coefficient (Wildman–Crippen LogP) is 1.75. The Morgan fingerprint density at radius 3 is 2.95 bits per heavy atom. The lowest BCUT2D eigenvalue weighted by Crippen LogP contribution is -2.53. The Balaban J connectivity index is 2.19. The second kappa shape index (κ2) is 6.05. The second-order valence-electron chi connectivity index (χ2n) is 5.23. The number of piperazine rings is 1. The van der Waals surface area contributed by atoms with Crippen LogP contribution in [0.25, 0.3) is 0 Å². The molecule has 102 valence electrons. The van der Waals surface area contributed by atoms with Gasteiger partial charge in [0.25, 0.3) is 0 Å². The highest BCUT2D eigenvalue weighted by Gasteiger charge is 2.23. The molecule has 1 aliphatic heterocycles. The molecule has 0 radical (unpaired) electrons. The van der Waals surface area contributed by atoms with Gasteiger partial charge in [-0.3, -0.25) is 4.90 Å². The van der Waals surface area contributed by atoms with Crippen LogP contribution in [0.3, 0.4) is 0 Å². The van der Waals surface area contributed by atoms with Crippen molar-refractivity contribution in [2.45, 2.75) is 32.5 Å². The molecule has 4 heteroatoms. The Morgan fingerprint density at radius 1 is 1.47 bits per heavy atom. The highest BCUT2D eigenvalue weighted by Crippen LogP contribution is 2.23. The minimum atomic E-state index is 0.492. The molecule has 0 aromatic heterocycles. The van der Waals surface area contributed by atoms with E-state index in [0.29, 0.717) is 17.6 Å². The van der Waals surface area contributed by atoms with E-state index in [0.717, 1.165) is 30.9 Å². The Hall–Kier alpha value is -1.57. The first-order chi connectivity index (χ1) is 9.13. The molecule has 0 bridgehead atoms. The Kier molecular flexibility index (Phi) is 4.41. The minimum Gasteiger partial charge on any atom is -0.496 e. The van der Waals surface area contributed by atoms with Gasteiger partial charge in [0.15, 0.2) is 0 Å². The molecule has 0 aliphatic carbocycles. The van der Waals surface area contributed by atoms with Gasteiger partial charge in [-0.2, -0.15) is 5.26 Å². The number of nitriles is 1. The summed E-state index contributed by atoms with van der Waals surface area (Å²) in [5.74, 6) is 0.859. The summed E-state index contributed by atoms with van der Waals surface area (Å²) in [7, 11) is 1.68. The van der Waals surface area contributed by atoms with E-state index < -0.39 is 0 Å². The smallest absolute Gasteiger partial charge is 0.123 e. The molecular weight excluding hydrogens is 238 g/mol. The summed E-state index contributed by atoms with van der Waals surface area (Å²) < 4.78 is 5.40. The van der Waals surface area contributed by atoms with E-state index in [1.54, 1.807) is 13.2 Å². The molecule has 1 saturated heterocycles. The van der Waals surface area contributed by atoms with Gasteiger partial charge in [-0.15, -0.1) is 0 Å². The summed E-state index contributed by atoms with van der Waals surface area (Å²) in [5, 5.41) is 12.5. The van der Waals surface area contributed by atoms with E-state index in [2.05, 4.69) is 30.1 Å². The number of benzene rings is 1. The van der Waals surface area contributed by atoms with E-state index in [1.807, 2.05) is 12.1 Å². The van der Waals surface area contributed by atoms with Crippen LogP contribution in [0.15, 0.2) is 18.2 Å². The number of ether oxygens (including phenoxy) is 1. The molecule has 2 unspecified atom stereocenters. The van der Waals surface area contributed by atoms with E-state index in [1.165, 1.54) is 0 Å². The standard InChI is InChI=1S/C15H21N3O/c1-11-9-18(12(2)8-17-11)10-14-6-13(7-16)4-5-15(14)19-3/h4-6,11-12,17H,8-10H2,1-3H3. The summed E-state index contributed by atoms with van der Waals surface area (Å²) in [5.41, 5.74) is 1.77. The van der Waals surface area contributed by atoms with Gasteiger partial charge >= 0.3 is 0 Å². The van der Waals surface area contributed by atoms with Crippen molar-refractivity contribution in [1.82, 2.24) is 10.2 Å². The van der Waals surface area contributed by atoms with Gasteiger partial charge in [-0.05, 0) is 32.0 Å². The topological polar surface area (TPSA) is 48.3 Å². The monoisotopic (exact) mass is 259 g/mol. The van der Waals surface area contributed by atoms with Gasteiger partial charge in [0.2, 0.25) is 0 Å². The third kappa shape index (κ3) is 3.25. The van der Waals surface area contributed by atoms with Gasteiger partial charge in [0.1, 0.15) is 5.75 Å². The van der Waals surface area contributed by atoms with Crippen molar-refractivity contribution in [3.63, 3.8) is 0 Å². The van der Waals surface area contributed by atoms with Crippen molar-refractivity contribution >= 4 is 0 Å². The Morgan fingerprint density at radius 2 is 2.26 bits per heavy atom. The highest BCUT2D eigenvalue weighted by molar-refractivity contribution is 5.42. The maximum Gasteiger partial charge on any atom is 0.123 e. The molecule has 1 aromatic carbocycles. The zero-order valence-corrected chi connectivity index (χ0v) is 11.8. The highest BCUT2D eigenvalue weighted by atomic mass is 16.5. The van der Waals surface area contributed by atoms with E-state index in [9.17, 15) is 0 Å². The summed E-state index contributed by atoms with van der Waals surface area (Å²) >= 11 is 0. The molecule has 2 atom stereocenters. The Bertz CT molecular complexity index is 481. The quantitative estimate of drug-likeness (QED) is 0.898. The first kappa shape index (κ1) is 13.9. The number of methoxy groups -OCH3 is 1. The number of hydrogen-bond donors (Lipinski definition) is 1. The Labute approximate surface area is 115 Å². The number of nitrogens with one attached hydrogen (secondary N) is 1. The second-order valence-corrected chi connectivity index (χ2v) is 5.23. The van der Waals surface area contributed by atoms with Crippen LogP contribution in [0.4, 0.5) is 0 Å². The molecule has 4 nitrogen and oxygen atoms in total. The molecule has 1 heterocycles. The van der Waals surface area contributed by atoms with Crippen molar-refractivity contribution in [3.8, 4) is 11.8 Å². The molecule has 0 amide bonds. The van der Waals surface area contributed by atoms with Crippen LogP contribution in [0, 0.1) is 11.3 Å². The normalized spacial score (nSPS) is 23.9. The molecule has 1 aliphatic rings. The minimum absolute atomic E-state index is 0.492. The summed E-state index contributed by atoms with van der Waals surface area (Å²) in [6.45, 7) is 7.26. The summed E-state index contributed by atoms with van der Waals surface area (Å²) in [6.07, 6.45) is 0. The number of rotatable bonds is 3. The van der Waals surface area contributed by atoms with Crippen molar-refractivity contribution < 1.29 is 4.74 Å². The van der Waals surface area contributed by atoms with Crippen LogP contribution in [-0.2, 0) is 6.54 Å². The van der Waals surface area contributed by atoms with Crippen molar-refractivity contribution in [1.29, 1.82) is 5.26 Å². The fourth-order valence-electron chi connectivity index (χ4n) is 2.51. The van der Waals surface area contributed by atoms with E-state index in [-0.39, 0.29) is 0 Å². The summed E-state index contributed by atoms with van der Waals surface area (Å²) in [6, 6.07) is 8.79. The lowest BCUT2D eigenvalue weighted by molar-refractivity contribution is 0.137.